The molecule has 1 N–H and O–H groups in total. The van der Waals surface area contributed by atoms with Gasteiger partial charge in [0.15, 0.2) is 0 Å². The van der Waals surface area contributed by atoms with E-state index in [1.165, 1.54) is 44.2 Å². The molecule has 1 aliphatic rings. The van der Waals surface area contributed by atoms with Gasteiger partial charge in [0.2, 0.25) is 0 Å². The highest BCUT2D eigenvalue weighted by Gasteiger charge is 2.11. The van der Waals surface area contributed by atoms with Gasteiger partial charge in [-0.3, -0.25) is 4.57 Å². The molecule has 0 amide bonds. The molecule has 2 aromatic rings. The Hall–Kier alpha value is -1.84. The highest BCUT2D eigenvalue weighted by atomic mass is 15.2. The van der Waals surface area contributed by atoms with Crippen molar-refractivity contribution in [1.82, 2.24) is 14.8 Å². The van der Waals surface area contributed by atoms with Gasteiger partial charge in [-0.1, -0.05) is 31.7 Å². The van der Waals surface area contributed by atoms with Gasteiger partial charge in [0.1, 0.15) is 12.7 Å². The van der Waals surface area contributed by atoms with E-state index in [1.54, 1.807) is 12.7 Å². The Labute approximate surface area is 120 Å². The van der Waals surface area contributed by atoms with E-state index in [4.69, 9.17) is 0 Å². The molecule has 3 rings (SSSR count). The maximum absolute atomic E-state index is 3.85. The summed E-state index contributed by atoms with van der Waals surface area (Å²) in [4.78, 5) is 0. The summed E-state index contributed by atoms with van der Waals surface area (Å²) in [7, 11) is 0. The van der Waals surface area contributed by atoms with Crippen molar-refractivity contribution in [1.29, 1.82) is 0 Å². The number of nitrogens with one attached hydrogen (secondary N) is 1. The Morgan fingerprint density at radius 3 is 2.55 bits per heavy atom. The molecule has 0 atom stereocenters. The Morgan fingerprint density at radius 1 is 1.05 bits per heavy atom. The molecule has 0 aliphatic heterocycles. The van der Waals surface area contributed by atoms with Crippen molar-refractivity contribution in [3.63, 3.8) is 0 Å². The Morgan fingerprint density at radius 2 is 1.80 bits per heavy atom. The van der Waals surface area contributed by atoms with Crippen molar-refractivity contribution in [3.05, 3.63) is 36.9 Å². The molecule has 1 saturated carbocycles. The summed E-state index contributed by atoms with van der Waals surface area (Å²) in [5.41, 5.74) is 2.28. The molecule has 4 heteroatoms. The average molecular weight is 270 g/mol. The Balaban J connectivity index is 1.61. The highest BCUT2D eigenvalue weighted by Crippen LogP contribution is 2.23. The van der Waals surface area contributed by atoms with Gasteiger partial charge in [-0.15, -0.1) is 10.2 Å². The van der Waals surface area contributed by atoms with Gasteiger partial charge in [-0.05, 0) is 37.0 Å². The van der Waals surface area contributed by atoms with E-state index in [2.05, 4.69) is 39.8 Å². The SMILES string of the molecule is c1cc(NCC2CCCCCC2)cc(-n2cnnc2)c1. The summed E-state index contributed by atoms with van der Waals surface area (Å²) in [6, 6.07) is 8.43. The topological polar surface area (TPSA) is 42.7 Å². The molecular formula is C16H22N4. The van der Waals surface area contributed by atoms with Crippen molar-refractivity contribution < 1.29 is 0 Å². The fourth-order valence-corrected chi connectivity index (χ4v) is 2.94. The van der Waals surface area contributed by atoms with Crippen molar-refractivity contribution >= 4 is 5.69 Å². The van der Waals surface area contributed by atoms with E-state index in [0.29, 0.717) is 0 Å². The van der Waals surface area contributed by atoms with E-state index in [1.807, 2.05) is 4.57 Å². The molecule has 0 radical (unpaired) electrons. The first-order valence-corrected chi connectivity index (χ1v) is 7.61. The summed E-state index contributed by atoms with van der Waals surface area (Å²) in [5, 5.41) is 11.3. The number of hydrogen-bond donors (Lipinski definition) is 1. The van der Waals surface area contributed by atoms with E-state index in [-0.39, 0.29) is 0 Å². The molecule has 0 saturated heterocycles. The standard InChI is InChI=1S/C16H22N4/c1-2-4-7-14(6-3-1)11-17-15-8-5-9-16(10-15)20-12-18-19-13-20/h5,8-10,12-14,17H,1-4,6-7,11H2. The maximum atomic E-state index is 3.85. The van der Waals surface area contributed by atoms with E-state index in [0.717, 1.165) is 18.2 Å². The summed E-state index contributed by atoms with van der Waals surface area (Å²) < 4.78 is 1.93. The van der Waals surface area contributed by atoms with Crippen LogP contribution in [0.4, 0.5) is 5.69 Å². The number of rotatable bonds is 4. The summed E-state index contributed by atoms with van der Waals surface area (Å²) in [6.45, 7) is 1.09. The van der Waals surface area contributed by atoms with E-state index < -0.39 is 0 Å². The zero-order valence-corrected chi connectivity index (χ0v) is 11.8. The normalized spacial score (nSPS) is 16.8. The van der Waals surface area contributed by atoms with Crippen LogP contribution in [-0.2, 0) is 0 Å². The zero-order valence-electron chi connectivity index (χ0n) is 11.8. The van der Waals surface area contributed by atoms with Crippen LogP contribution in [0.5, 0.6) is 0 Å². The van der Waals surface area contributed by atoms with Crippen molar-refractivity contribution in [3.8, 4) is 5.69 Å². The first-order valence-electron chi connectivity index (χ1n) is 7.61. The quantitative estimate of drug-likeness (QED) is 0.862. The van der Waals surface area contributed by atoms with Gasteiger partial charge in [0, 0.05) is 12.2 Å². The van der Waals surface area contributed by atoms with Gasteiger partial charge in [-0.25, -0.2) is 0 Å². The lowest BCUT2D eigenvalue weighted by Gasteiger charge is -2.16. The fourth-order valence-electron chi connectivity index (χ4n) is 2.94. The van der Waals surface area contributed by atoms with Crippen LogP contribution >= 0.6 is 0 Å². The third-order valence-corrected chi connectivity index (χ3v) is 4.13. The molecule has 1 heterocycles. The Bertz CT molecular complexity index is 513. The van der Waals surface area contributed by atoms with Crippen LogP contribution in [0.1, 0.15) is 38.5 Å². The second-order valence-electron chi connectivity index (χ2n) is 5.66. The number of nitrogens with zero attached hydrogens (tertiary/aromatic N) is 3. The number of aromatic nitrogens is 3. The van der Waals surface area contributed by atoms with Gasteiger partial charge in [-0.2, -0.15) is 0 Å². The molecule has 0 bridgehead atoms. The molecule has 1 aromatic carbocycles. The van der Waals surface area contributed by atoms with Crippen LogP contribution in [0.25, 0.3) is 5.69 Å². The van der Waals surface area contributed by atoms with E-state index in [9.17, 15) is 0 Å². The van der Waals surface area contributed by atoms with Gasteiger partial charge >= 0.3 is 0 Å². The van der Waals surface area contributed by atoms with Crippen LogP contribution < -0.4 is 5.32 Å². The molecule has 4 nitrogen and oxygen atoms in total. The summed E-state index contributed by atoms with van der Waals surface area (Å²) in [6.07, 6.45) is 11.8. The maximum Gasteiger partial charge on any atom is 0.123 e. The summed E-state index contributed by atoms with van der Waals surface area (Å²) in [5.74, 6) is 0.830. The number of benzene rings is 1. The van der Waals surface area contributed by atoms with Gasteiger partial charge in [0.25, 0.3) is 0 Å². The second-order valence-corrected chi connectivity index (χ2v) is 5.66. The largest absolute Gasteiger partial charge is 0.385 e. The van der Waals surface area contributed by atoms with Crippen LogP contribution in [0.3, 0.4) is 0 Å². The minimum absolute atomic E-state index is 0.830. The highest BCUT2D eigenvalue weighted by molar-refractivity contribution is 5.51. The minimum atomic E-state index is 0.830. The third-order valence-electron chi connectivity index (χ3n) is 4.13. The molecule has 1 aromatic heterocycles. The molecule has 20 heavy (non-hydrogen) atoms. The summed E-state index contributed by atoms with van der Waals surface area (Å²) >= 11 is 0. The lowest BCUT2D eigenvalue weighted by atomic mass is 10.0. The van der Waals surface area contributed by atoms with Crippen molar-refractivity contribution in [2.24, 2.45) is 5.92 Å². The molecule has 0 unspecified atom stereocenters. The first kappa shape index (κ1) is 13.2. The molecule has 1 fully saturated rings. The first-order chi connectivity index (χ1) is 9.92. The molecule has 106 valence electrons. The van der Waals surface area contributed by atoms with Gasteiger partial charge < -0.3 is 5.32 Å². The third kappa shape index (κ3) is 3.38. The number of anilines is 1. The lowest BCUT2D eigenvalue weighted by molar-refractivity contribution is 0.483. The molecule has 0 spiro atoms. The van der Waals surface area contributed by atoms with Gasteiger partial charge in [0.05, 0.1) is 5.69 Å². The van der Waals surface area contributed by atoms with E-state index >= 15 is 0 Å². The van der Waals surface area contributed by atoms with Crippen molar-refractivity contribution in [2.75, 3.05) is 11.9 Å². The van der Waals surface area contributed by atoms with Crippen LogP contribution in [0.15, 0.2) is 36.9 Å². The van der Waals surface area contributed by atoms with Crippen LogP contribution in [0.2, 0.25) is 0 Å². The average Bonchev–Trinajstić information content (AvgIpc) is 2.90. The molecular weight excluding hydrogens is 248 g/mol. The monoisotopic (exact) mass is 270 g/mol. The zero-order chi connectivity index (χ0) is 13.6. The fraction of sp³-hybridized carbons (Fsp3) is 0.500. The Kier molecular flexibility index (Phi) is 4.31. The number of hydrogen-bond acceptors (Lipinski definition) is 3. The van der Waals surface area contributed by atoms with Crippen LogP contribution in [-0.4, -0.2) is 21.3 Å². The molecule has 1 aliphatic carbocycles. The second kappa shape index (κ2) is 6.55. The van der Waals surface area contributed by atoms with Crippen molar-refractivity contribution in [2.45, 2.75) is 38.5 Å². The predicted molar refractivity (Wildman–Crippen MR) is 81.0 cm³/mol. The lowest BCUT2D eigenvalue weighted by Crippen LogP contribution is -2.13. The minimum Gasteiger partial charge on any atom is -0.385 e. The smallest absolute Gasteiger partial charge is 0.123 e. The van der Waals surface area contributed by atoms with Crippen LogP contribution in [0, 0.1) is 5.92 Å². The predicted octanol–water partition coefficient (Wildman–Crippen LogP) is 3.65.